The van der Waals surface area contributed by atoms with Gasteiger partial charge in [-0.1, -0.05) is 0 Å². The molecule has 1 atom stereocenters. The van der Waals surface area contributed by atoms with Gasteiger partial charge in [0.15, 0.2) is 0 Å². The van der Waals surface area contributed by atoms with Crippen molar-refractivity contribution in [1.82, 2.24) is 15.2 Å². The Bertz CT molecular complexity index is 492. The van der Waals surface area contributed by atoms with Gasteiger partial charge in [-0.15, -0.1) is 11.3 Å². The molecule has 5 heteroatoms. The van der Waals surface area contributed by atoms with Gasteiger partial charge in [-0.2, -0.15) is 11.3 Å². The molecule has 1 aliphatic rings. The fraction of sp³-hybridized carbons (Fsp3) is 0.462. The largest absolute Gasteiger partial charge is 0.312 e. The predicted octanol–water partition coefficient (Wildman–Crippen LogP) is 2.67. The minimum atomic E-state index is 0.600. The van der Waals surface area contributed by atoms with E-state index in [1.165, 1.54) is 10.4 Å². The SMILES string of the molecule is CC1CN(Cc2cnc(-c3ccsc3)s2)CCN1. The number of nitrogens with one attached hydrogen (secondary N) is 1. The Morgan fingerprint density at radius 2 is 2.50 bits per heavy atom. The summed E-state index contributed by atoms with van der Waals surface area (Å²) in [4.78, 5) is 8.40. The van der Waals surface area contributed by atoms with Crippen LogP contribution in [-0.4, -0.2) is 35.6 Å². The van der Waals surface area contributed by atoms with Crippen LogP contribution in [0.25, 0.3) is 10.6 Å². The lowest BCUT2D eigenvalue weighted by molar-refractivity contribution is 0.201. The number of thiazole rings is 1. The first kappa shape index (κ1) is 12.3. The van der Waals surface area contributed by atoms with E-state index >= 15 is 0 Å². The molecule has 96 valence electrons. The van der Waals surface area contributed by atoms with Crippen molar-refractivity contribution in [3.63, 3.8) is 0 Å². The van der Waals surface area contributed by atoms with Crippen molar-refractivity contribution < 1.29 is 0 Å². The molecule has 2 aromatic rings. The van der Waals surface area contributed by atoms with Crippen LogP contribution < -0.4 is 5.32 Å². The molecule has 0 aliphatic carbocycles. The molecule has 0 aromatic carbocycles. The number of hydrogen-bond acceptors (Lipinski definition) is 5. The Labute approximate surface area is 115 Å². The number of rotatable bonds is 3. The van der Waals surface area contributed by atoms with Gasteiger partial charge in [-0.25, -0.2) is 4.98 Å². The molecule has 0 amide bonds. The van der Waals surface area contributed by atoms with Crippen LogP contribution in [0.1, 0.15) is 11.8 Å². The summed E-state index contributed by atoms with van der Waals surface area (Å²) in [5.41, 5.74) is 1.25. The van der Waals surface area contributed by atoms with Crippen molar-refractivity contribution >= 4 is 22.7 Å². The Kier molecular flexibility index (Phi) is 3.75. The maximum absolute atomic E-state index is 4.53. The van der Waals surface area contributed by atoms with Gasteiger partial charge in [0.25, 0.3) is 0 Å². The number of thiophene rings is 1. The molecule has 1 unspecified atom stereocenters. The fourth-order valence-electron chi connectivity index (χ4n) is 2.28. The molecule has 1 fully saturated rings. The lowest BCUT2D eigenvalue weighted by Gasteiger charge is -2.31. The van der Waals surface area contributed by atoms with E-state index < -0.39 is 0 Å². The third-order valence-electron chi connectivity index (χ3n) is 3.15. The maximum Gasteiger partial charge on any atom is 0.124 e. The fourth-order valence-corrected chi connectivity index (χ4v) is 3.94. The van der Waals surface area contributed by atoms with Gasteiger partial charge < -0.3 is 5.32 Å². The minimum Gasteiger partial charge on any atom is -0.312 e. The van der Waals surface area contributed by atoms with Crippen molar-refractivity contribution in [1.29, 1.82) is 0 Å². The molecule has 3 nitrogen and oxygen atoms in total. The zero-order valence-electron chi connectivity index (χ0n) is 10.4. The van der Waals surface area contributed by atoms with E-state index in [4.69, 9.17) is 0 Å². The van der Waals surface area contributed by atoms with Gasteiger partial charge in [0.05, 0.1) is 0 Å². The van der Waals surface area contributed by atoms with E-state index in [-0.39, 0.29) is 0 Å². The lowest BCUT2D eigenvalue weighted by atomic mass is 10.2. The third kappa shape index (κ3) is 2.80. The first-order valence-corrected chi connectivity index (χ1v) is 8.00. The summed E-state index contributed by atoms with van der Waals surface area (Å²) < 4.78 is 0. The van der Waals surface area contributed by atoms with E-state index in [2.05, 4.69) is 39.0 Å². The van der Waals surface area contributed by atoms with Crippen LogP contribution >= 0.6 is 22.7 Å². The predicted molar refractivity (Wildman–Crippen MR) is 78.2 cm³/mol. The van der Waals surface area contributed by atoms with Crippen LogP contribution in [0.3, 0.4) is 0 Å². The first-order valence-electron chi connectivity index (χ1n) is 6.24. The standard InChI is InChI=1S/C13H17N3S2/c1-10-7-16(4-3-14-10)8-12-6-15-13(18-12)11-2-5-17-9-11/h2,5-6,9-10,14H,3-4,7-8H2,1H3. The molecular weight excluding hydrogens is 262 g/mol. The molecule has 2 aromatic heterocycles. The molecule has 0 bridgehead atoms. The van der Waals surface area contributed by atoms with E-state index in [1.807, 2.05) is 17.5 Å². The summed E-state index contributed by atoms with van der Waals surface area (Å²) >= 11 is 3.55. The second kappa shape index (κ2) is 5.48. The van der Waals surface area contributed by atoms with Crippen molar-refractivity contribution in [3.8, 4) is 10.6 Å². The minimum absolute atomic E-state index is 0.600. The summed E-state index contributed by atoms with van der Waals surface area (Å²) in [5, 5.41) is 8.89. The van der Waals surface area contributed by atoms with Gasteiger partial charge in [0, 0.05) is 54.2 Å². The number of aromatic nitrogens is 1. The third-order valence-corrected chi connectivity index (χ3v) is 4.87. The molecule has 0 spiro atoms. The number of nitrogens with zero attached hydrogens (tertiary/aromatic N) is 2. The second-order valence-electron chi connectivity index (χ2n) is 4.73. The summed E-state index contributed by atoms with van der Waals surface area (Å²) in [7, 11) is 0. The second-order valence-corrected chi connectivity index (χ2v) is 6.63. The van der Waals surface area contributed by atoms with Crippen molar-refractivity contribution in [2.75, 3.05) is 19.6 Å². The maximum atomic E-state index is 4.53. The zero-order valence-corrected chi connectivity index (χ0v) is 12.1. The molecule has 3 rings (SSSR count). The molecular formula is C13H17N3S2. The highest BCUT2D eigenvalue weighted by molar-refractivity contribution is 7.15. The zero-order chi connectivity index (χ0) is 12.4. The van der Waals surface area contributed by atoms with Crippen LogP contribution in [0.15, 0.2) is 23.0 Å². The molecule has 1 N–H and O–H groups in total. The van der Waals surface area contributed by atoms with Gasteiger partial charge in [-0.3, -0.25) is 4.90 Å². The Hall–Kier alpha value is -0.750. The Morgan fingerprint density at radius 1 is 1.56 bits per heavy atom. The van der Waals surface area contributed by atoms with E-state index in [9.17, 15) is 0 Å². The van der Waals surface area contributed by atoms with Crippen LogP contribution in [0.5, 0.6) is 0 Å². The van der Waals surface area contributed by atoms with E-state index in [0.717, 1.165) is 31.2 Å². The van der Waals surface area contributed by atoms with Gasteiger partial charge in [-0.05, 0) is 18.4 Å². The molecule has 0 radical (unpaired) electrons. The normalized spacial score (nSPS) is 21.3. The average Bonchev–Trinajstić information content (AvgIpc) is 2.98. The highest BCUT2D eigenvalue weighted by Gasteiger charge is 2.16. The highest BCUT2D eigenvalue weighted by atomic mass is 32.1. The summed E-state index contributed by atoms with van der Waals surface area (Å²) in [6.45, 7) is 6.64. The smallest absolute Gasteiger partial charge is 0.124 e. The van der Waals surface area contributed by atoms with Crippen LogP contribution in [-0.2, 0) is 6.54 Å². The van der Waals surface area contributed by atoms with Gasteiger partial charge >= 0.3 is 0 Å². The van der Waals surface area contributed by atoms with Crippen LogP contribution in [0, 0.1) is 0 Å². The topological polar surface area (TPSA) is 28.2 Å². The number of hydrogen-bond donors (Lipinski definition) is 1. The highest BCUT2D eigenvalue weighted by Crippen LogP contribution is 2.27. The summed E-state index contributed by atoms with van der Waals surface area (Å²) in [5.74, 6) is 0. The van der Waals surface area contributed by atoms with E-state index in [1.54, 1.807) is 11.3 Å². The molecule has 0 saturated carbocycles. The molecule has 3 heterocycles. The molecule has 1 saturated heterocycles. The summed E-state index contributed by atoms with van der Waals surface area (Å²) in [6.07, 6.45) is 2.03. The molecule has 18 heavy (non-hydrogen) atoms. The van der Waals surface area contributed by atoms with Crippen LogP contribution in [0.2, 0.25) is 0 Å². The van der Waals surface area contributed by atoms with Crippen LogP contribution in [0.4, 0.5) is 0 Å². The quantitative estimate of drug-likeness (QED) is 0.936. The monoisotopic (exact) mass is 279 g/mol. The van der Waals surface area contributed by atoms with Crippen molar-refractivity contribution in [2.45, 2.75) is 19.5 Å². The van der Waals surface area contributed by atoms with Crippen molar-refractivity contribution in [3.05, 3.63) is 27.9 Å². The van der Waals surface area contributed by atoms with E-state index in [0.29, 0.717) is 6.04 Å². The number of piperazine rings is 1. The average molecular weight is 279 g/mol. The van der Waals surface area contributed by atoms with Crippen molar-refractivity contribution in [2.24, 2.45) is 0 Å². The first-order chi connectivity index (χ1) is 8.81. The summed E-state index contributed by atoms with van der Waals surface area (Å²) in [6, 6.07) is 2.74. The Balaban J connectivity index is 1.66. The Morgan fingerprint density at radius 3 is 3.28 bits per heavy atom. The van der Waals surface area contributed by atoms with Gasteiger partial charge in [0.1, 0.15) is 5.01 Å². The molecule has 1 aliphatic heterocycles. The van der Waals surface area contributed by atoms with Gasteiger partial charge in [0.2, 0.25) is 0 Å². The lowest BCUT2D eigenvalue weighted by Crippen LogP contribution is -2.48.